The fraction of sp³-hybridized carbons (Fsp3) is 0.579. The summed E-state index contributed by atoms with van der Waals surface area (Å²) in [5.74, 6) is -1.03. The molecule has 1 heterocycles. The molecule has 24 heavy (non-hydrogen) atoms. The molecule has 0 radical (unpaired) electrons. The average Bonchev–Trinajstić information content (AvgIpc) is 2.52. The van der Waals surface area contributed by atoms with Crippen LogP contribution < -0.4 is 0 Å². The summed E-state index contributed by atoms with van der Waals surface area (Å²) in [6.45, 7) is 9.40. The van der Waals surface area contributed by atoms with Crippen LogP contribution in [-0.4, -0.2) is 65.9 Å². The lowest BCUT2D eigenvalue weighted by molar-refractivity contribution is -0.143. The van der Waals surface area contributed by atoms with Crippen molar-refractivity contribution in [2.24, 2.45) is 0 Å². The molecule has 1 aromatic carbocycles. The Morgan fingerprint density at radius 1 is 1.08 bits per heavy atom. The number of carbonyl (C=O) groups is 2. The Bertz CT molecular complexity index is 582. The normalized spacial score (nSPS) is 18.3. The minimum absolute atomic E-state index is 0.0217. The molecule has 1 fully saturated rings. The number of Topliss-reactive ketones (excluding diaryl/α,β-unsaturated/α-hetero) is 1. The fourth-order valence-electron chi connectivity index (χ4n) is 2.96. The van der Waals surface area contributed by atoms with Gasteiger partial charge in [-0.05, 0) is 18.0 Å². The lowest BCUT2D eigenvalue weighted by Gasteiger charge is -2.35. The summed E-state index contributed by atoms with van der Waals surface area (Å²) in [7, 11) is 2.02. The van der Waals surface area contributed by atoms with Crippen molar-refractivity contribution in [3.05, 3.63) is 35.4 Å². The third-order valence-corrected chi connectivity index (χ3v) is 4.72. The first-order valence-electron chi connectivity index (χ1n) is 8.47. The van der Waals surface area contributed by atoms with E-state index >= 15 is 0 Å². The Morgan fingerprint density at radius 3 is 2.08 bits per heavy atom. The van der Waals surface area contributed by atoms with Gasteiger partial charge in [0.1, 0.15) is 6.04 Å². The minimum atomic E-state index is -0.917. The van der Waals surface area contributed by atoms with Gasteiger partial charge in [0.25, 0.3) is 0 Å². The van der Waals surface area contributed by atoms with E-state index in [4.69, 9.17) is 0 Å². The summed E-state index contributed by atoms with van der Waals surface area (Å²) < 4.78 is 0. The van der Waals surface area contributed by atoms with Crippen molar-refractivity contribution >= 4 is 11.8 Å². The van der Waals surface area contributed by atoms with Crippen molar-refractivity contribution in [3.63, 3.8) is 0 Å². The van der Waals surface area contributed by atoms with E-state index in [0.29, 0.717) is 18.7 Å². The van der Waals surface area contributed by atoms with Gasteiger partial charge in [-0.25, -0.2) is 0 Å². The Labute approximate surface area is 144 Å². The summed E-state index contributed by atoms with van der Waals surface area (Å²) in [6, 6.07) is 6.79. The molecule has 0 aromatic heterocycles. The molecule has 1 atom stereocenters. The first kappa shape index (κ1) is 18.6. The molecule has 0 bridgehead atoms. The van der Waals surface area contributed by atoms with Gasteiger partial charge in [0.15, 0.2) is 5.78 Å². The molecular weight excluding hydrogens is 304 g/mol. The highest BCUT2D eigenvalue weighted by atomic mass is 16.4. The second kappa shape index (κ2) is 7.45. The summed E-state index contributed by atoms with van der Waals surface area (Å²) in [6.07, 6.45) is 0.0217. The second-order valence-electron chi connectivity index (χ2n) is 7.65. The predicted octanol–water partition coefficient (Wildman–Crippen LogP) is 2.26. The lowest BCUT2D eigenvalue weighted by Crippen LogP contribution is -2.52. The van der Waals surface area contributed by atoms with Gasteiger partial charge in [-0.1, -0.05) is 45.0 Å². The van der Waals surface area contributed by atoms with Crippen LogP contribution in [0.4, 0.5) is 0 Å². The van der Waals surface area contributed by atoms with E-state index in [-0.39, 0.29) is 17.6 Å². The molecule has 0 amide bonds. The highest BCUT2D eigenvalue weighted by Gasteiger charge is 2.30. The van der Waals surface area contributed by atoms with Crippen LogP contribution in [0, 0.1) is 0 Å². The van der Waals surface area contributed by atoms with Gasteiger partial charge < -0.3 is 10.0 Å². The summed E-state index contributed by atoms with van der Waals surface area (Å²) in [4.78, 5) is 28.2. The van der Waals surface area contributed by atoms with Gasteiger partial charge in [-0.3, -0.25) is 14.5 Å². The molecule has 0 unspecified atom stereocenters. The van der Waals surface area contributed by atoms with Crippen LogP contribution in [0.25, 0.3) is 0 Å². The van der Waals surface area contributed by atoms with Crippen LogP contribution in [0.2, 0.25) is 0 Å². The molecule has 5 heteroatoms. The number of carbonyl (C=O) groups excluding carboxylic acids is 1. The number of rotatable bonds is 5. The molecule has 1 aromatic rings. The molecule has 1 aliphatic heterocycles. The number of hydrogen-bond donors (Lipinski definition) is 1. The van der Waals surface area contributed by atoms with E-state index in [9.17, 15) is 14.7 Å². The smallest absolute Gasteiger partial charge is 0.321 e. The van der Waals surface area contributed by atoms with E-state index in [2.05, 4.69) is 25.7 Å². The maximum atomic E-state index is 12.5. The molecule has 1 saturated heterocycles. The largest absolute Gasteiger partial charge is 0.480 e. The highest BCUT2D eigenvalue weighted by Crippen LogP contribution is 2.23. The Balaban J connectivity index is 2.06. The maximum Gasteiger partial charge on any atom is 0.321 e. The summed E-state index contributed by atoms with van der Waals surface area (Å²) in [5, 5.41) is 9.53. The zero-order valence-electron chi connectivity index (χ0n) is 15.1. The third kappa shape index (κ3) is 4.65. The number of carboxylic acids is 1. The van der Waals surface area contributed by atoms with Gasteiger partial charge in [-0.15, -0.1) is 0 Å². The van der Waals surface area contributed by atoms with Crippen LogP contribution in [0.5, 0.6) is 0 Å². The molecule has 2 rings (SSSR count). The van der Waals surface area contributed by atoms with Crippen LogP contribution in [-0.2, 0) is 10.2 Å². The van der Waals surface area contributed by atoms with Gasteiger partial charge >= 0.3 is 5.97 Å². The topological polar surface area (TPSA) is 60.9 Å². The quantitative estimate of drug-likeness (QED) is 0.838. The number of carboxylic acid groups (broad SMARTS) is 1. The first-order valence-corrected chi connectivity index (χ1v) is 8.47. The van der Waals surface area contributed by atoms with E-state index < -0.39 is 12.0 Å². The zero-order valence-corrected chi connectivity index (χ0v) is 15.1. The Kier molecular flexibility index (Phi) is 5.78. The number of nitrogens with zero attached hydrogens (tertiary/aromatic N) is 2. The first-order chi connectivity index (χ1) is 11.2. The van der Waals surface area contributed by atoms with Gasteiger partial charge in [0, 0.05) is 38.2 Å². The van der Waals surface area contributed by atoms with Crippen LogP contribution in [0.3, 0.4) is 0 Å². The molecule has 0 spiro atoms. The summed E-state index contributed by atoms with van der Waals surface area (Å²) in [5.41, 5.74) is 1.78. The number of aliphatic carboxylic acids is 1. The molecule has 0 saturated carbocycles. The SMILES string of the molecule is CN1CCN([C@@H](CC(=O)c2ccc(C(C)(C)C)cc2)C(=O)O)CC1. The maximum absolute atomic E-state index is 12.5. The van der Waals surface area contributed by atoms with E-state index in [1.807, 2.05) is 36.2 Å². The van der Waals surface area contributed by atoms with Crippen LogP contribution >= 0.6 is 0 Å². The molecular formula is C19H28N2O3. The minimum Gasteiger partial charge on any atom is -0.480 e. The lowest BCUT2D eigenvalue weighted by atomic mass is 9.86. The van der Waals surface area contributed by atoms with Gasteiger partial charge in [-0.2, -0.15) is 0 Å². The molecule has 1 N–H and O–H groups in total. The second-order valence-corrected chi connectivity index (χ2v) is 7.65. The number of hydrogen-bond acceptors (Lipinski definition) is 4. The van der Waals surface area contributed by atoms with Gasteiger partial charge in [0.2, 0.25) is 0 Å². The number of piperazine rings is 1. The van der Waals surface area contributed by atoms with Crippen molar-refractivity contribution in [2.75, 3.05) is 33.2 Å². The van der Waals surface area contributed by atoms with Crippen molar-refractivity contribution in [1.29, 1.82) is 0 Å². The highest BCUT2D eigenvalue weighted by molar-refractivity contribution is 5.98. The fourth-order valence-corrected chi connectivity index (χ4v) is 2.96. The molecule has 0 aliphatic carbocycles. The van der Waals surface area contributed by atoms with E-state index in [1.54, 1.807) is 0 Å². The standard InChI is InChI=1S/C19H28N2O3/c1-19(2,3)15-7-5-14(6-8-15)17(22)13-16(18(23)24)21-11-9-20(4)10-12-21/h5-8,16H,9-13H2,1-4H3,(H,23,24)/t16-/m0/s1. The zero-order chi connectivity index (χ0) is 17.9. The molecule has 1 aliphatic rings. The predicted molar refractivity (Wildman–Crippen MR) is 94.6 cm³/mol. The number of benzene rings is 1. The molecule has 132 valence electrons. The number of likely N-dealkylation sites (N-methyl/N-ethyl adjacent to an activating group) is 1. The van der Waals surface area contributed by atoms with Crippen molar-refractivity contribution in [3.8, 4) is 0 Å². The average molecular weight is 332 g/mol. The van der Waals surface area contributed by atoms with E-state index in [1.165, 1.54) is 0 Å². The number of ketones is 1. The van der Waals surface area contributed by atoms with E-state index in [0.717, 1.165) is 18.7 Å². The van der Waals surface area contributed by atoms with Crippen LogP contribution in [0.15, 0.2) is 24.3 Å². The third-order valence-electron chi connectivity index (χ3n) is 4.72. The van der Waals surface area contributed by atoms with Crippen LogP contribution in [0.1, 0.15) is 43.1 Å². The Morgan fingerprint density at radius 2 is 1.62 bits per heavy atom. The van der Waals surface area contributed by atoms with Gasteiger partial charge in [0.05, 0.1) is 0 Å². The molecule has 5 nitrogen and oxygen atoms in total. The van der Waals surface area contributed by atoms with Crippen molar-refractivity contribution in [2.45, 2.75) is 38.6 Å². The van der Waals surface area contributed by atoms with Crippen molar-refractivity contribution < 1.29 is 14.7 Å². The summed E-state index contributed by atoms with van der Waals surface area (Å²) >= 11 is 0. The monoisotopic (exact) mass is 332 g/mol. The Hall–Kier alpha value is -1.72. The van der Waals surface area contributed by atoms with Crippen molar-refractivity contribution in [1.82, 2.24) is 9.80 Å².